The van der Waals surface area contributed by atoms with Crippen LogP contribution >= 0.6 is 11.6 Å². The van der Waals surface area contributed by atoms with Crippen molar-refractivity contribution in [3.8, 4) is 0 Å². The lowest BCUT2D eigenvalue weighted by molar-refractivity contribution is 0.161. The fraction of sp³-hybridized carbons (Fsp3) is 0.300. The minimum absolute atomic E-state index is 0.0769. The first-order valence-corrected chi connectivity index (χ1v) is 4.81. The number of alkyl halides is 1. The van der Waals surface area contributed by atoms with Crippen molar-refractivity contribution in [1.29, 1.82) is 0 Å². The smallest absolute Gasteiger partial charge is 0.408 e. The number of halogens is 1. The van der Waals surface area contributed by atoms with Crippen LogP contribution in [0.5, 0.6) is 0 Å². The van der Waals surface area contributed by atoms with Crippen molar-refractivity contribution in [2.45, 2.75) is 13.0 Å². The van der Waals surface area contributed by atoms with Gasteiger partial charge in [-0.3, -0.25) is 0 Å². The van der Waals surface area contributed by atoms with Gasteiger partial charge in [0.05, 0.1) is 6.04 Å². The van der Waals surface area contributed by atoms with E-state index in [0.717, 1.165) is 5.56 Å². The van der Waals surface area contributed by atoms with Gasteiger partial charge in [0.25, 0.3) is 0 Å². The van der Waals surface area contributed by atoms with Crippen molar-refractivity contribution in [2.24, 2.45) is 0 Å². The van der Waals surface area contributed by atoms with Gasteiger partial charge in [0.1, 0.15) is 0 Å². The fourth-order valence-electron chi connectivity index (χ4n) is 1.09. The van der Waals surface area contributed by atoms with E-state index in [1.54, 1.807) is 0 Å². The summed E-state index contributed by atoms with van der Waals surface area (Å²) in [6.45, 7) is 1.88. The minimum atomic E-state index is -0.503. The molecule has 1 atom stereocenters. The fourth-order valence-corrected chi connectivity index (χ4v) is 1.19. The lowest BCUT2D eigenvalue weighted by Crippen LogP contribution is -2.26. The first-order chi connectivity index (χ1) is 6.74. The van der Waals surface area contributed by atoms with E-state index in [2.05, 4.69) is 10.1 Å². The second kappa shape index (κ2) is 5.50. The molecule has 0 aliphatic heterocycles. The molecule has 3 nitrogen and oxygen atoms in total. The van der Waals surface area contributed by atoms with Crippen molar-refractivity contribution >= 4 is 17.7 Å². The van der Waals surface area contributed by atoms with Gasteiger partial charge in [0.15, 0.2) is 6.07 Å². The Morgan fingerprint density at radius 3 is 2.71 bits per heavy atom. The van der Waals surface area contributed by atoms with Crippen LogP contribution in [-0.4, -0.2) is 12.2 Å². The van der Waals surface area contributed by atoms with Gasteiger partial charge < -0.3 is 10.1 Å². The molecule has 0 bridgehead atoms. The van der Waals surface area contributed by atoms with Crippen LogP contribution in [0.3, 0.4) is 0 Å². The highest BCUT2D eigenvalue weighted by molar-refractivity contribution is 6.17. The van der Waals surface area contributed by atoms with Gasteiger partial charge in [-0.1, -0.05) is 41.9 Å². The van der Waals surface area contributed by atoms with E-state index in [4.69, 9.17) is 11.6 Å². The molecule has 0 saturated heterocycles. The molecule has 0 spiro atoms. The molecule has 14 heavy (non-hydrogen) atoms. The van der Waals surface area contributed by atoms with E-state index >= 15 is 0 Å². The van der Waals surface area contributed by atoms with E-state index in [1.165, 1.54) is 0 Å². The number of nitrogens with one attached hydrogen (secondary N) is 1. The second-order valence-corrected chi connectivity index (χ2v) is 3.04. The van der Waals surface area contributed by atoms with Gasteiger partial charge in [-0.15, -0.1) is 0 Å². The number of benzene rings is 1. The molecule has 0 radical (unpaired) electrons. The Morgan fingerprint density at radius 2 is 2.14 bits per heavy atom. The molecule has 1 aromatic carbocycles. The molecular weight excluding hydrogens is 202 g/mol. The summed E-state index contributed by atoms with van der Waals surface area (Å²) in [6.07, 6.45) is -0.503. The molecule has 4 heteroatoms. The summed E-state index contributed by atoms with van der Waals surface area (Å²) in [6, 6.07) is 9.42. The summed E-state index contributed by atoms with van der Waals surface area (Å²) in [5.74, 6) is 0. The molecule has 1 rings (SSSR count). The van der Waals surface area contributed by atoms with E-state index in [0.29, 0.717) is 0 Å². The zero-order valence-corrected chi connectivity index (χ0v) is 8.62. The molecule has 0 unspecified atom stereocenters. The lowest BCUT2D eigenvalue weighted by atomic mass is 10.1. The molecule has 1 N–H and O–H groups in total. The molecule has 0 saturated carbocycles. The van der Waals surface area contributed by atoms with Crippen LogP contribution in [0.2, 0.25) is 0 Å². The van der Waals surface area contributed by atoms with E-state index in [1.807, 2.05) is 37.3 Å². The third kappa shape index (κ3) is 3.26. The van der Waals surface area contributed by atoms with Crippen LogP contribution in [0.25, 0.3) is 0 Å². The molecule has 0 aromatic heterocycles. The average Bonchev–Trinajstić information content (AvgIpc) is 2.19. The van der Waals surface area contributed by atoms with Crippen LogP contribution in [0.4, 0.5) is 4.79 Å². The number of hydrogen-bond acceptors (Lipinski definition) is 2. The summed E-state index contributed by atoms with van der Waals surface area (Å²) >= 11 is 5.24. The molecule has 76 valence electrons. The standard InChI is InChI=1S/C10H12ClNO2/c1-8(12-10(13)14-7-11)9-5-3-2-4-6-9/h2-6,8H,7H2,1H3,(H,12,13)/t8-/m0/s1. The molecule has 0 heterocycles. The topological polar surface area (TPSA) is 38.3 Å². The highest BCUT2D eigenvalue weighted by atomic mass is 35.5. The van der Waals surface area contributed by atoms with Crippen molar-refractivity contribution in [3.05, 3.63) is 35.9 Å². The van der Waals surface area contributed by atoms with E-state index in [-0.39, 0.29) is 12.1 Å². The zero-order chi connectivity index (χ0) is 10.4. The van der Waals surface area contributed by atoms with Gasteiger partial charge in [-0.05, 0) is 12.5 Å². The van der Waals surface area contributed by atoms with Crippen LogP contribution in [0.15, 0.2) is 30.3 Å². The Bertz CT molecular complexity index is 289. The van der Waals surface area contributed by atoms with Crippen molar-refractivity contribution in [3.63, 3.8) is 0 Å². The van der Waals surface area contributed by atoms with Crippen molar-refractivity contribution in [2.75, 3.05) is 6.07 Å². The molecule has 0 aliphatic rings. The first-order valence-electron chi connectivity index (χ1n) is 4.28. The number of carbonyl (C=O) groups excluding carboxylic acids is 1. The normalized spacial score (nSPS) is 11.9. The van der Waals surface area contributed by atoms with Gasteiger partial charge in [0.2, 0.25) is 0 Å². The summed E-state index contributed by atoms with van der Waals surface area (Å²) in [7, 11) is 0. The van der Waals surface area contributed by atoms with Gasteiger partial charge in [0, 0.05) is 0 Å². The summed E-state index contributed by atoms with van der Waals surface area (Å²) in [5, 5.41) is 2.65. The molecule has 1 aromatic rings. The van der Waals surface area contributed by atoms with Crippen molar-refractivity contribution in [1.82, 2.24) is 5.32 Å². The average molecular weight is 214 g/mol. The number of hydrogen-bond donors (Lipinski definition) is 1. The summed E-state index contributed by atoms with van der Waals surface area (Å²) < 4.78 is 4.55. The quantitative estimate of drug-likeness (QED) is 0.784. The predicted octanol–water partition coefficient (Wildman–Crippen LogP) is 2.67. The van der Waals surface area contributed by atoms with Gasteiger partial charge in [-0.25, -0.2) is 4.79 Å². The Labute approximate surface area is 88.0 Å². The zero-order valence-electron chi connectivity index (χ0n) is 7.87. The number of amides is 1. The third-order valence-corrected chi connectivity index (χ3v) is 1.93. The van der Waals surface area contributed by atoms with Crippen molar-refractivity contribution < 1.29 is 9.53 Å². The predicted molar refractivity (Wildman–Crippen MR) is 55.2 cm³/mol. The number of ether oxygens (including phenoxy) is 1. The maximum absolute atomic E-state index is 11.0. The Hall–Kier alpha value is -1.22. The molecule has 0 fully saturated rings. The largest absolute Gasteiger partial charge is 0.433 e. The molecular formula is C10H12ClNO2. The van der Waals surface area contributed by atoms with E-state index in [9.17, 15) is 4.79 Å². The minimum Gasteiger partial charge on any atom is -0.433 e. The van der Waals surface area contributed by atoms with Crippen LogP contribution < -0.4 is 5.32 Å². The first kappa shape index (κ1) is 10.9. The summed E-state index contributed by atoms with van der Waals surface area (Å²) in [4.78, 5) is 11.0. The Balaban J connectivity index is 2.50. The van der Waals surface area contributed by atoms with Crippen LogP contribution in [-0.2, 0) is 4.74 Å². The highest BCUT2D eigenvalue weighted by Gasteiger charge is 2.08. The maximum Gasteiger partial charge on any atom is 0.408 e. The maximum atomic E-state index is 11.0. The number of alkyl carbamates (subject to hydrolysis) is 1. The SMILES string of the molecule is C[C@H](NC(=O)OCCl)c1ccccc1. The number of carbonyl (C=O) groups is 1. The summed E-state index contributed by atoms with van der Waals surface area (Å²) in [5.41, 5.74) is 1.03. The van der Waals surface area contributed by atoms with Gasteiger partial charge >= 0.3 is 6.09 Å². The lowest BCUT2D eigenvalue weighted by Gasteiger charge is -2.13. The Morgan fingerprint density at radius 1 is 1.50 bits per heavy atom. The number of rotatable bonds is 3. The van der Waals surface area contributed by atoms with Crippen LogP contribution in [0, 0.1) is 0 Å². The monoisotopic (exact) mass is 213 g/mol. The van der Waals surface area contributed by atoms with Crippen LogP contribution in [0.1, 0.15) is 18.5 Å². The molecule has 1 amide bonds. The van der Waals surface area contributed by atoms with E-state index < -0.39 is 6.09 Å². The highest BCUT2D eigenvalue weighted by Crippen LogP contribution is 2.10. The molecule has 0 aliphatic carbocycles. The van der Waals surface area contributed by atoms with Gasteiger partial charge in [-0.2, -0.15) is 0 Å². The third-order valence-electron chi connectivity index (χ3n) is 1.82. The Kier molecular flexibility index (Phi) is 4.26. The second-order valence-electron chi connectivity index (χ2n) is 2.82.